The first kappa shape index (κ1) is 17.1. The molecule has 116 valence electrons. The average molecular weight is 292 g/mol. The van der Waals surface area contributed by atoms with Gasteiger partial charge < -0.3 is 9.74 Å². The Balaban J connectivity index is 0.000000210. The minimum absolute atomic E-state index is 0.545. The van der Waals surface area contributed by atoms with Gasteiger partial charge in [-0.3, -0.25) is 4.99 Å². The number of aliphatic imine (C=N–C) groups is 1. The Kier molecular flexibility index (Phi) is 7.34. The van der Waals surface area contributed by atoms with E-state index in [9.17, 15) is 0 Å². The predicted octanol–water partition coefficient (Wildman–Crippen LogP) is 1.22. The van der Waals surface area contributed by atoms with Gasteiger partial charge in [0, 0.05) is 20.5 Å². The van der Waals surface area contributed by atoms with E-state index in [2.05, 4.69) is 25.0 Å². The third-order valence-corrected chi connectivity index (χ3v) is 2.79. The average Bonchev–Trinajstić information content (AvgIpc) is 2.86. The zero-order chi connectivity index (χ0) is 15.7. The van der Waals surface area contributed by atoms with E-state index in [-0.39, 0.29) is 0 Å². The zero-order valence-corrected chi connectivity index (χ0v) is 13.2. The first-order chi connectivity index (χ1) is 10.0. The molecular formula is C14H24N6O. The Hall–Kier alpha value is -1.99. The summed E-state index contributed by atoms with van der Waals surface area (Å²) in [6.45, 7) is 3.57. The highest BCUT2D eigenvalue weighted by Gasteiger charge is 1.95. The summed E-state index contributed by atoms with van der Waals surface area (Å²) in [5, 5.41) is 7.79. The smallest absolute Gasteiger partial charge is 0.205 e. The molecule has 0 radical (unpaired) electrons. The van der Waals surface area contributed by atoms with E-state index in [4.69, 9.17) is 5.90 Å². The molecule has 1 aromatic carbocycles. The van der Waals surface area contributed by atoms with Crippen LogP contribution in [0.2, 0.25) is 0 Å². The van der Waals surface area contributed by atoms with E-state index < -0.39 is 0 Å². The molecule has 0 amide bonds. The summed E-state index contributed by atoms with van der Waals surface area (Å²) in [7, 11) is 5.96. The molecule has 0 aliphatic rings. The minimum atomic E-state index is 0.545. The van der Waals surface area contributed by atoms with E-state index >= 15 is 0 Å². The van der Waals surface area contributed by atoms with E-state index in [1.165, 1.54) is 0 Å². The lowest BCUT2D eigenvalue weighted by molar-refractivity contribution is 0.315. The van der Waals surface area contributed by atoms with Gasteiger partial charge in [-0.2, -0.15) is 5.90 Å². The summed E-state index contributed by atoms with van der Waals surface area (Å²) in [4.78, 5) is 10.6. The summed E-state index contributed by atoms with van der Waals surface area (Å²) in [5.41, 5.74) is 2.02. The fourth-order valence-electron chi connectivity index (χ4n) is 1.65. The van der Waals surface area contributed by atoms with Gasteiger partial charge in [0.2, 0.25) is 5.90 Å². The van der Waals surface area contributed by atoms with Gasteiger partial charge in [-0.25, -0.2) is 4.68 Å². The van der Waals surface area contributed by atoms with Gasteiger partial charge in [0.05, 0.1) is 5.52 Å². The number of fused-ring (bicyclic) bond motifs is 1. The summed E-state index contributed by atoms with van der Waals surface area (Å²) >= 11 is 0. The minimum Gasteiger partial charge on any atom is -0.397 e. The van der Waals surface area contributed by atoms with Crippen LogP contribution in [0.5, 0.6) is 0 Å². The highest BCUT2D eigenvalue weighted by molar-refractivity contribution is 5.73. The third-order valence-electron chi connectivity index (χ3n) is 2.79. The van der Waals surface area contributed by atoms with Gasteiger partial charge in [0.25, 0.3) is 0 Å². The van der Waals surface area contributed by atoms with Crippen molar-refractivity contribution in [2.24, 2.45) is 17.9 Å². The largest absolute Gasteiger partial charge is 0.397 e. The first-order valence-electron chi connectivity index (χ1n) is 6.81. The molecule has 0 unspecified atom stereocenters. The van der Waals surface area contributed by atoms with E-state index in [0.29, 0.717) is 5.90 Å². The van der Waals surface area contributed by atoms with Crippen LogP contribution in [0.3, 0.4) is 0 Å². The van der Waals surface area contributed by atoms with Gasteiger partial charge in [-0.15, -0.1) is 5.10 Å². The topological polar surface area (TPSA) is 81.6 Å². The Morgan fingerprint density at radius 3 is 2.71 bits per heavy atom. The number of para-hydroxylation sites is 1. The van der Waals surface area contributed by atoms with Gasteiger partial charge in [-0.1, -0.05) is 17.3 Å². The summed E-state index contributed by atoms with van der Waals surface area (Å²) in [5.74, 6) is 5.42. The molecule has 1 heterocycles. The van der Waals surface area contributed by atoms with Crippen LogP contribution in [-0.4, -0.2) is 53.0 Å². The first-order valence-corrected chi connectivity index (χ1v) is 6.81. The van der Waals surface area contributed by atoms with Gasteiger partial charge in [0.1, 0.15) is 5.52 Å². The second-order valence-corrected chi connectivity index (χ2v) is 4.88. The van der Waals surface area contributed by atoms with Crippen LogP contribution < -0.4 is 5.90 Å². The highest BCUT2D eigenvalue weighted by atomic mass is 16.6. The summed E-state index contributed by atoms with van der Waals surface area (Å²) in [6, 6.07) is 7.88. The molecule has 0 saturated carbocycles. The second-order valence-electron chi connectivity index (χ2n) is 4.88. The number of benzene rings is 1. The lowest BCUT2D eigenvalue weighted by atomic mass is 10.3. The molecule has 21 heavy (non-hydrogen) atoms. The van der Waals surface area contributed by atoms with Crippen LogP contribution >= 0.6 is 0 Å². The van der Waals surface area contributed by atoms with E-state index in [1.54, 1.807) is 11.6 Å². The van der Waals surface area contributed by atoms with Crippen LogP contribution in [0, 0.1) is 0 Å². The lowest BCUT2D eigenvalue weighted by Crippen LogP contribution is -2.14. The monoisotopic (exact) mass is 292 g/mol. The third kappa shape index (κ3) is 6.33. The molecule has 2 rings (SSSR count). The Morgan fingerprint density at radius 1 is 1.38 bits per heavy atom. The molecule has 0 atom stereocenters. The molecule has 0 aliphatic heterocycles. The zero-order valence-electron chi connectivity index (χ0n) is 13.2. The molecule has 0 fully saturated rings. The number of nitrogens with two attached hydrogens (primary N) is 1. The SMILES string of the molecule is CC(=NCCCN(C)C)ON.Cn1nnc2ccccc21. The van der Waals surface area contributed by atoms with Crippen LogP contribution in [0.25, 0.3) is 11.0 Å². The number of rotatable bonds is 4. The molecule has 0 bridgehead atoms. The Labute approximate surface area is 125 Å². The van der Waals surface area contributed by atoms with Crippen molar-refractivity contribution >= 4 is 16.9 Å². The van der Waals surface area contributed by atoms with Crippen LogP contribution in [0.15, 0.2) is 29.3 Å². The number of aromatic nitrogens is 3. The van der Waals surface area contributed by atoms with Crippen LogP contribution in [0.1, 0.15) is 13.3 Å². The Bertz CT molecular complexity index is 563. The summed E-state index contributed by atoms with van der Waals surface area (Å²) in [6.07, 6.45) is 1.04. The van der Waals surface area contributed by atoms with Crippen LogP contribution in [-0.2, 0) is 11.9 Å². The van der Waals surface area contributed by atoms with E-state index in [0.717, 1.165) is 30.5 Å². The molecule has 2 aromatic rings. The highest BCUT2D eigenvalue weighted by Crippen LogP contribution is 2.06. The molecule has 0 saturated heterocycles. The van der Waals surface area contributed by atoms with Crippen molar-refractivity contribution in [1.29, 1.82) is 0 Å². The molecule has 0 spiro atoms. The van der Waals surface area contributed by atoms with Gasteiger partial charge in [-0.05, 0) is 39.2 Å². The summed E-state index contributed by atoms with van der Waals surface area (Å²) < 4.78 is 1.76. The van der Waals surface area contributed by atoms with Gasteiger partial charge >= 0.3 is 0 Å². The van der Waals surface area contributed by atoms with Crippen molar-refractivity contribution in [1.82, 2.24) is 19.9 Å². The fourth-order valence-corrected chi connectivity index (χ4v) is 1.65. The number of nitrogens with zero attached hydrogens (tertiary/aromatic N) is 5. The Morgan fingerprint density at radius 2 is 2.10 bits per heavy atom. The molecule has 0 aliphatic carbocycles. The maximum atomic E-state index is 4.87. The van der Waals surface area contributed by atoms with Crippen molar-refractivity contribution < 1.29 is 4.84 Å². The maximum absolute atomic E-state index is 4.87. The van der Waals surface area contributed by atoms with Crippen molar-refractivity contribution in [2.75, 3.05) is 27.2 Å². The van der Waals surface area contributed by atoms with Crippen molar-refractivity contribution in [2.45, 2.75) is 13.3 Å². The van der Waals surface area contributed by atoms with E-state index in [1.807, 2.05) is 45.4 Å². The number of aryl methyl sites for hydroxylation is 1. The van der Waals surface area contributed by atoms with Crippen molar-refractivity contribution in [3.8, 4) is 0 Å². The normalized spacial score (nSPS) is 11.4. The molecule has 1 aromatic heterocycles. The van der Waals surface area contributed by atoms with Crippen molar-refractivity contribution in [3.05, 3.63) is 24.3 Å². The van der Waals surface area contributed by atoms with Crippen molar-refractivity contribution in [3.63, 3.8) is 0 Å². The molecule has 7 heteroatoms. The standard InChI is InChI=1S/C7H17N3O.C7H7N3/c1-7(11-8)9-5-4-6-10(2)3;1-10-7-5-3-2-4-6(7)8-9-10/h4-6,8H2,1-3H3;2-5H,1H3. The van der Waals surface area contributed by atoms with Crippen LogP contribution in [0.4, 0.5) is 0 Å². The fraction of sp³-hybridized carbons (Fsp3) is 0.500. The maximum Gasteiger partial charge on any atom is 0.205 e. The predicted molar refractivity (Wildman–Crippen MR) is 84.9 cm³/mol. The quantitative estimate of drug-likeness (QED) is 0.396. The second kappa shape index (κ2) is 9.04. The lowest BCUT2D eigenvalue weighted by Gasteiger charge is -2.06. The molecule has 2 N–H and O–H groups in total. The van der Waals surface area contributed by atoms with Gasteiger partial charge in [0.15, 0.2) is 0 Å². The number of hydrogen-bond acceptors (Lipinski definition) is 6. The number of hydrogen-bond donors (Lipinski definition) is 1. The molecule has 7 nitrogen and oxygen atoms in total. The molecular weight excluding hydrogens is 268 g/mol.